The Bertz CT molecular complexity index is 1120. The van der Waals surface area contributed by atoms with Gasteiger partial charge in [-0.1, -0.05) is 47.5 Å². The summed E-state index contributed by atoms with van der Waals surface area (Å²) in [6, 6.07) is 17.3. The number of rotatable bonds is 5. The van der Waals surface area contributed by atoms with Gasteiger partial charge in [0.25, 0.3) is 11.8 Å². The van der Waals surface area contributed by atoms with Crippen LogP contribution in [-0.4, -0.2) is 18.4 Å². The second-order valence-electron chi connectivity index (χ2n) is 6.53. The van der Waals surface area contributed by atoms with Crippen LogP contribution in [0.4, 0.5) is 11.4 Å². The van der Waals surface area contributed by atoms with E-state index in [-0.39, 0.29) is 30.1 Å². The average Bonchev–Trinajstić information content (AvgIpc) is 2.74. The smallest absolute Gasteiger partial charge is 0.262 e. The molecule has 0 unspecified atom stereocenters. The summed E-state index contributed by atoms with van der Waals surface area (Å²) >= 11 is 12.2. The molecule has 3 aromatic rings. The molecular formula is C22H16Cl2N2O4. The van der Waals surface area contributed by atoms with E-state index in [1.807, 2.05) is 12.1 Å². The Balaban J connectivity index is 1.51. The van der Waals surface area contributed by atoms with Crippen LogP contribution in [0.2, 0.25) is 10.0 Å². The molecule has 4 rings (SSSR count). The fraction of sp³-hybridized carbons (Fsp3) is 0.0909. The Morgan fingerprint density at radius 3 is 2.67 bits per heavy atom. The van der Waals surface area contributed by atoms with Gasteiger partial charge in [0.15, 0.2) is 6.61 Å². The SMILES string of the molecule is O=C1COc2cc(NC(=O)c3ccccc3OCc3ccc(Cl)cc3)c(Cl)cc2N1. The molecule has 0 bridgehead atoms. The number of hydrogen-bond donors (Lipinski definition) is 2. The van der Waals surface area contributed by atoms with E-state index in [0.29, 0.717) is 33.5 Å². The maximum Gasteiger partial charge on any atom is 0.262 e. The molecule has 0 saturated heterocycles. The second-order valence-corrected chi connectivity index (χ2v) is 7.37. The fourth-order valence-corrected chi connectivity index (χ4v) is 3.24. The molecule has 0 radical (unpaired) electrons. The van der Waals surface area contributed by atoms with Crippen LogP contribution in [0.3, 0.4) is 0 Å². The molecule has 1 heterocycles. The lowest BCUT2D eigenvalue weighted by Crippen LogP contribution is -2.25. The zero-order chi connectivity index (χ0) is 21.1. The van der Waals surface area contributed by atoms with Gasteiger partial charge in [0.1, 0.15) is 18.1 Å². The fourth-order valence-electron chi connectivity index (χ4n) is 2.91. The van der Waals surface area contributed by atoms with Gasteiger partial charge in [0.2, 0.25) is 0 Å². The van der Waals surface area contributed by atoms with Gasteiger partial charge >= 0.3 is 0 Å². The molecule has 0 atom stereocenters. The van der Waals surface area contributed by atoms with E-state index in [0.717, 1.165) is 5.56 Å². The summed E-state index contributed by atoms with van der Waals surface area (Å²) in [6.07, 6.45) is 0. The molecule has 2 N–H and O–H groups in total. The van der Waals surface area contributed by atoms with Crippen molar-refractivity contribution in [2.24, 2.45) is 0 Å². The van der Waals surface area contributed by atoms with E-state index in [9.17, 15) is 9.59 Å². The van der Waals surface area contributed by atoms with Gasteiger partial charge in [-0.2, -0.15) is 0 Å². The standard InChI is InChI=1S/C22H16Cl2N2O4/c23-14-7-5-13(6-8-14)11-29-19-4-2-1-3-15(19)22(28)26-17-10-20-18(9-16(17)24)25-21(27)12-30-20/h1-10H,11-12H2,(H,25,27)(H,26,28). The molecule has 2 amide bonds. The molecule has 0 fully saturated rings. The third-order valence-electron chi connectivity index (χ3n) is 4.39. The first-order valence-corrected chi connectivity index (χ1v) is 9.79. The van der Waals surface area contributed by atoms with Gasteiger partial charge in [0.05, 0.1) is 22.0 Å². The van der Waals surface area contributed by atoms with Crippen molar-refractivity contribution in [3.8, 4) is 11.5 Å². The van der Waals surface area contributed by atoms with Crippen LogP contribution >= 0.6 is 23.2 Å². The van der Waals surface area contributed by atoms with E-state index in [1.165, 1.54) is 6.07 Å². The zero-order valence-corrected chi connectivity index (χ0v) is 17.1. The van der Waals surface area contributed by atoms with Gasteiger partial charge < -0.3 is 20.1 Å². The second kappa shape index (κ2) is 8.65. The van der Waals surface area contributed by atoms with E-state index < -0.39 is 0 Å². The number of fused-ring (bicyclic) bond motifs is 1. The number of carbonyl (C=O) groups is 2. The lowest BCUT2D eigenvalue weighted by atomic mass is 10.1. The third-order valence-corrected chi connectivity index (χ3v) is 4.95. The van der Waals surface area contributed by atoms with E-state index in [2.05, 4.69) is 10.6 Å². The summed E-state index contributed by atoms with van der Waals surface area (Å²) in [5, 5.41) is 6.35. The minimum atomic E-state index is -0.386. The van der Waals surface area contributed by atoms with Crippen LogP contribution in [0.1, 0.15) is 15.9 Å². The summed E-state index contributed by atoms with van der Waals surface area (Å²) in [5.74, 6) is 0.217. The number of hydrogen-bond acceptors (Lipinski definition) is 4. The van der Waals surface area contributed by atoms with Crippen molar-refractivity contribution in [2.45, 2.75) is 6.61 Å². The van der Waals surface area contributed by atoms with E-state index in [1.54, 1.807) is 42.5 Å². The van der Waals surface area contributed by atoms with Crippen molar-refractivity contribution in [3.05, 3.63) is 81.8 Å². The highest BCUT2D eigenvalue weighted by Gasteiger charge is 2.20. The minimum absolute atomic E-state index is 0.0939. The first kappa shape index (κ1) is 20.1. The number of benzene rings is 3. The molecule has 0 aliphatic carbocycles. The van der Waals surface area contributed by atoms with Crippen molar-refractivity contribution < 1.29 is 19.1 Å². The monoisotopic (exact) mass is 442 g/mol. The van der Waals surface area contributed by atoms with Crippen molar-refractivity contribution in [3.63, 3.8) is 0 Å². The van der Waals surface area contributed by atoms with Crippen molar-refractivity contribution in [1.29, 1.82) is 0 Å². The van der Waals surface area contributed by atoms with Gasteiger partial charge in [-0.25, -0.2) is 0 Å². The lowest BCUT2D eigenvalue weighted by molar-refractivity contribution is -0.118. The van der Waals surface area contributed by atoms with Crippen molar-refractivity contribution >= 4 is 46.4 Å². The molecular weight excluding hydrogens is 427 g/mol. The Morgan fingerprint density at radius 1 is 1.10 bits per heavy atom. The van der Waals surface area contributed by atoms with Crippen LogP contribution in [0.25, 0.3) is 0 Å². The predicted octanol–water partition coefficient (Wildman–Crippen LogP) is 5.16. The highest BCUT2D eigenvalue weighted by molar-refractivity contribution is 6.34. The summed E-state index contributed by atoms with van der Waals surface area (Å²) in [5.41, 5.74) is 2.10. The summed E-state index contributed by atoms with van der Waals surface area (Å²) in [4.78, 5) is 24.3. The van der Waals surface area contributed by atoms with Crippen LogP contribution < -0.4 is 20.1 Å². The normalized spacial score (nSPS) is 12.4. The number of carbonyl (C=O) groups excluding carboxylic acids is 2. The quantitative estimate of drug-likeness (QED) is 0.572. The van der Waals surface area contributed by atoms with Crippen molar-refractivity contribution in [2.75, 3.05) is 17.2 Å². The van der Waals surface area contributed by atoms with Gasteiger partial charge in [-0.3, -0.25) is 9.59 Å². The molecule has 1 aliphatic heterocycles. The number of para-hydroxylation sites is 1. The van der Waals surface area contributed by atoms with Crippen LogP contribution in [0, 0.1) is 0 Å². The molecule has 152 valence electrons. The van der Waals surface area contributed by atoms with Gasteiger partial charge in [0, 0.05) is 11.1 Å². The summed E-state index contributed by atoms with van der Waals surface area (Å²) in [6.45, 7) is 0.192. The Morgan fingerprint density at radius 2 is 1.87 bits per heavy atom. The highest BCUT2D eigenvalue weighted by Crippen LogP contribution is 2.36. The molecule has 0 aromatic heterocycles. The van der Waals surface area contributed by atoms with Crippen LogP contribution in [0.5, 0.6) is 11.5 Å². The first-order chi connectivity index (χ1) is 14.5. The van der Waals surface area contributed by atoms with Crippen LogP contribution in [-0.2, 0) is 11.4 Å². The minimum Gasteiger partial charge on any atom is -0.488 e. The first-order valence-electron chi connectivity index (χ1n) is 9.03. The number of ether oxygens (including phenoxy) is 2. The average molecular weight is 443 g/mol. The Labute approximate surface area is 182 Å². The van der Waals surface area contributed by atoms with E-state index in [4.69, 9.17) is 32.7 Å². The molecule has 30 heavy (non-hydrogen) atoms. The highest BCUT2D eigenvalue weighted by atomic mass is 35.5. The predicted molar refractivity (Wildman–Crippen MR) is 116 cm³/mol. The molecule has 3 aromatic carbocycles. The topological polar surface area (TPSA) is 76.7 Å². The number of amides is 2. The molecule has 0 spiro atoms. The van der Waals surface area contributed by atoms with Gasteiger partial charge in [-0.05, 0) is 35.9 Å². The Kier molecular flexibility index (Phi) is 5.79. The Hall–Kier alpha value is -3.22. The largest absolute Gasteiger partial charge is 0.488 e. The zero-order valence-electron chi connectivity index (χ0n) is 15.6. The van der Waals surface area contributed by atoms with Gasteiger partial charge in [-0.15, -0.1) is 0 Å². The number of nitrogens with one attached hydrogen (secondary N) is 2. The summed E-state index contributed by atoms with van der Waals surface area (Å²) < 4.78 is 11.2. The number of anilines is 2. The molecule has 0 saturated carbocycles. The number of halogens is 2. The summed E-state index contributed by atoms with van der Waals surface area (Å²) in [7, 11) is 0. The van der Waals surface area contributed by atoms with Crippen molar-refractivity contribution in [1.82, 2.24) is 0 Å². The van der Waals surface area contributed by atoms with E-state index >= 15 is 0 Å². The third kappa shape index (κ3) is 4.50. The molecule has 8 heteroatoms. The maximum absolute atomic E-state index is 12.9. The molecule has 6 nitrogen and oxygen atoms in total. The lowest BCUT2D eigenvalue weighted by Gasteiger charge is -2.20. The maximum atomic E-state index is 12.9. The van der Waals surface area contributed by atoms with Crippen LogP contribution in [0.15, 0.2) is 60.7 Å². The molecule has 1 aliphatic rings.